The third kappa shape index (κ3) is 3.17. The second-order valence-corrected chi connectivity index (χ2v) is 3.64. The van der Waals surface area contributed by atoms with Gasteiger partial charge in [-0.1, -0.05) is 6.92 Å². The Bertz CT molecular complexity index is 492. The minimum Gasteiger partial charge on any atom is -0.480 e. The number of hydrogen-bond acceptors (Lipinski definition) is 3. The number of carbonyl (C=O) groups excluding carboxylic acids is 1. The van der Waals surface area contributed by atoms with Gasteiger partial charge in [-0.3, -0.25) is 9.59 Å². The van der Waals surface area contributed by atoms with Gasteiger partial charge >= 0.3 is 5.97 Å². The Hall–Kier alpha value is -2.11. The summed E-state index contributed by atoms with van der Waals surface area (Å²) in [6.45, 7) is 1.66. The van der Waals surface area contributed by atoms with Crippen LogP contribution in [0.2, 0.25) is 0 Å². The summed E-state index contributed by atoms with van der Waals surface area (Å²) >= 11 is 0. The van der Waals surface area contributed by atoms with Crippen molar-refractivity contribution in [3.05, 3.63) is 34.2 Å². The van der Waals surface area contributed by atoms with Gasteiger partial charge in [0.25, 0.3) is 11.5 Å². The normalized spacial score (nSPS) is 11.9. The van der Waals surface area contributed by atoms with Crippen LogP contribution in [0, 0.1) is 0 Å². The van der Waals surface area contributed by atoms with E-state index in [4.69, 9.17) is 5.11 Å². The Morgan fingerprint density at radius 3 is 2.65 bits per heavy atom. The van der Waals surface area contributed by atoms with Crippen molar-refractivity contribution >= 4 is 11.9 Å². The van der Waals surface area contributed by atoms with Crippen LogP contribution in [0.15, 0.2) is 23.1 Å². The third-order valence-electron chi connectivity index (χ3n) is 2.38. The number of amides is 1. The number of rotatable bonds is 4. The zero-order valence-corrected chi connectivity index (χ0v) is 9.64. The summed E-state index contributed by atoms with van der Waals surface area (Å²) in [5, 5.41) is 11.1. The van der Waals surface area contributed by atoms with Crippen LogP contribution in [-0.2, 0) is 11.8 Å². The first kappa shape index (κ1) is 13.0. The molecule has 1 unspecified atom stereocenters. The SMILES string of the molecule is CCC(NC(=O)c1ccn(C)c(=O)c1)C(=O)O. The van der Waals surface area contributed by atoms with Crippen molar-refractivity contribution < 1.29 is 14.7 Å². The van der Waals surface area contributed by atoms with Gasteiger partial charge in [-0.25, -0.2) is 4.79 Å². The maximum absolute atomic E-state index is 11.7. The highest BCUT2D eigenvalue weighted by atomic mass is 16.4. The van der Waals surface area contributed by atoms with Crippen molar-refractivity contribution in [2.24, 2.45) is 7.05 Å². The van der Waals surface area contributed by atoms with Crippen LogP contribution in [0.3, 0.4) is 0 Å². The number of nitrogens with one attached hydrogen (secondary N) is 1. The summed E-state index contributed by atoms with van der Waals surface area (Å²) in [4.78, 5) is 33.7. The van der Waals surface area contributed by atoms with Gasteiger partial charge in [0.2, 0.25) is 0 Å². The lowest BCUT2D eigenvalue weighted by Gasteiger charge is -2.12. The van der Waals surface area contributed by atoms with E-state index in [9.17, 15) is 14.4 Å². The number of nitrogens with zero attached hydrogens (tertiary/aromatic N) is 1. The van der Waals surface area contributed by atoms with E-state index in [0.29, 0.717) is 0 Å². The van der Waals surface area contributed by atoms with Gasteiger partial charge < -0.3 is 15.0 Å². The molecule has 0 radical (unpaired) electrons. The second kappa shape index (κ2) is 5.29. The van der Waals surface area contributed by atoms with E-state index >= 15 is 0 Å². The number of carboxylic acids is 1. The molecule has 1 rings (SSSR count). The highest BCUT2D eigenvalue weighted by Crippen LogP contribution is 1.98. The van der Waals surface area contributed by atoms with Crippen LogP contribution in [-0.4, -0.2) is 27.6 Å². The molecule has 1 amide bonds. The first-order chi connectivity index (χ1) is 7.95. The van der Waals surface area contributed by atoms with Gasteiger partial charge in [0, 0.05) is 24.9 Å². The summed E-state index contributed by atoms with van der Waals surface area (Å²) in [5.41, 5.74) is -0.158. The maximum atomic E-state index is 11.7. The number of hydrogen-bond donors (Lipinski definition) is 2. The number of aliphatic carboxylic acids is 1. The van der Waals surface area contributed by atoms with Crippen LogP contribution in [0.4, 0.5) is 0 Å². The Morgan fingerprint density at radius 2 is 2.18 bits per heavy atom. The summed E-state index contributed by atoms with van der Waals surface area (Å²) in [6.07, 6.45) is 1.74. The highest BCUT2D eigenvalue weighted by Gasteiger charge is 2.18. The molecule has 0 saturated carbocycles. The van der Waals surface area contributed by atoms with Crippen molar-refractivity contribution in [1.82, 2.24) is 9.88 Å². The lowest BCUT2D eigenvalue weighted by molar-refractivity contribution is -0.139. The lowest BCUT2D eigenvalue weighted by atomic mass is 10.2. The van der Waals surface area contributed by atoms with E-state index in [1.54, 1.807) is 14.0 Å². The summed E-state index contributed by atoms with van der Waals surface area (Å²) in [5.74, 6) is -1.65. The summed E-state index contributed by atoms with van der Waals surface area (Å²) in [7, 11) is 1.57. The molecule has 0 aliphatic carbocycles. The van der Waals surface area contributed by atoms with Crippen molar-refractivity contribution in [1.29, 1.82) is 0 Å². The van der Waals surface area contributed by atoms with Gasteiger partial charge in [-0.15, -0.1) is 0 Å². The fourth-order valence-electron chi connectivity index (χ4n) is 1.27. The molecule has 0 bridgehead atoms. The molecule has 1 atom stereocenters. The van der Waals surface area contributed by atoms with Crippen LogP contribution in [0.25, 0.3) is 0 Å². The number of aryl methyl sites for hydroxylation is 1. The average molecular weight is 238 g/mol. The maximum Gasteiger partial charge on any atom is 0.326 e. The molecule has 0 spiro atoms. The van der Waals surface area contributed by atoms with E-state index in [1.807, 2.05) is 0 Å². The van der Waals surface area contributed by atoms with Crippen LogP contribution >= 0.6 is 0 Å². The molecule has 0 aliphatic rings. The zero-order chi connectivity index (χ0) is 13.0. The molecule has 0 fully saturated rings. The van der Waals surface area contributed by atoms with Gasteiger partial charge in [0.1, 0.15) is 6.04 Å². The molecule has 2 N–H and O–H groups in total. The monoisotopic (exact) mass is 238 g/mol. The predicted molar refractivity (Wildman–Crippen MR) is 60.9 cm³/mol. The molecular weight excluding hydrogens is 224 g/mol. The van der Waals surface area contributed by atoms with Crippen LogP contribution in [0.1, 0.15) is 23.7 Å². The molecule has 1 aromatic heterocycles. The molecule has 1 heterocycles. The fourth-order valence-corrected chi connectivity index (χ4v) is 1.27. The van der Waals surface area contributed by atoms with E-state index in [1.165, 1.54) is 22.9 Å². The van der Waals surface area contributed by atoms with Gasteiger partial charge in [-0.2, -0.15) is 0 Å². The number of aromatic nitrogens is 1. The number of carbonyl (C=O) groups is 2. The second-order valence-electron chi connectivity index (χ2n) is 3.64. The number of carboxylic acid groups (broad SMARTS) is 1. The Balaban J connectivity index is 2.86. The van der Waals surface area contributed by atoms with E-state index < -0.39 is 17.9 Å². The number of pyridine rings is 1. The largest absolute Gasteiger partial charge is 0.480 e. The molecule has 6 nitrogen and oxygen atoms in total. The first-order valence-electron chi connectivity index (χ1n) is 5.16. The fraction of sp³-hybridized carbons (Fsp3) is 0.364. The molecule has 17 heavy (non-hydrogen) atoms. The van der Waals surface area contributed by atoms with E-state index in [2.05, 4.69) is 5.32 Å². The standard InChI is InChI=1S/C11H14N2O4/c1-3-8(11(16)17)12-10(15)7-4-5-13(2)9(14)6-7/h4-6,8H,3H2,1-2H3,(H,12,15)(H,16,17). The summed E-state index contributed by atoms with van der Waals surface area (Å²) < 4.78 is 1.32. The minimum atomic E-state index is -1.09. The van der Waals surface area contributed by atoms with Crippen LogP contribution in [0.5, 0.6) is 0 Å². The molecule has 1 aromatic rings. The quantitative estimate of drug-likeness (QED) is 0.771. The Labute approximate surface area is 97.9 Å². The van der Waals surface area contributed by atoms with Crippen molar-refractivity contribution in [2.75, 3.05) is 0 Å². The van der Waals surface area contributed by atoms with Crippen molar-refractivity contribution in [2.45, 2.75) is 19.4 Å². The van der Waals surface area contributed by atoms with Crippen molar-refractivity contribution in [3.63, 3.8) is 0 Å². The van der Waals surface area contributed by atoms with E-state index in [0.717, 1.165) is 0 Å². The molecule has 0 saturated heterocycles. The van der Waals surface area contributed by atoms with Gasteiger partial charge in [-0.05, 0) is 12.5 Å². The Morgan fingerprint density at radius 1 is 1.53 bits per heavy atom. The summed E-state index contributed by atoms with van der Waals surface area (Å²) in [6, 6.07) is 1.70. The third-order valence-corrected chi connectivity index (χ3v) is 2.38. The topological polar surface area (TPSA) is 88.4 Å². The highest BCUT2D eigenvalue weighted by molar-refractivity contribution is 5.96. The molecular formula is C11H14N2O4. The molecule has 92 valence electrons. The van der Waals surface area contributed by atoms with Crippen molar-refractivity contribution in [3.8, 4) is 0 Å². The van der Waals surface area contributed by atoms with E-state index in [-0.39, 0.29) is 17.5 Å². The van der Waals surface area contributed by atoms with Gasteiger partial charge in [0.05, 0.1) is 0 Å². The average Bonchev–Trinajstić information content (AvgIpc) is 2.28. The molecule has 0 aliphatic heterocycles. The molecule has 0 aromatic carbocycles. The minimum absolute atomic E-state index is 0.160. The lowest BCUT2D eigenvalue weighted by Crippen LogP contribution is -2.40. The smallest absolute Gasteiger partial charge is 0.326 e. The Kier molecular flexibility index (Phi) is 4.03. The predicted octanol–water partition coefficient (Wildman–Crippen LogP) is -0.0217. The molecule has 6 heteroatoms. The first-order valence-corrected chi connectivity index (χ1v) is 5.16. The van der Waals surface area contributed by atoms with Gasteiger partial charge in [0.15, 0.2) is 0 Å². The van der Waals surface area contributed by atoms with Crippen LogP contribution < -0.4 is 10.9 Å². The zero-order valence-electron chi connectivity index (χ0n) is 9.64.